The summed E-state index contributed by atoms with van der Waals surface area (Å²) in [5.41, 5.74) is 3.48. The third kappa shape index (κ3) is 4.93. The number of likely N-dealkylation sites (tertiary alicyclic amines) is 1. The Morgan fingerprint density at radius 3 is 2.64 bits per heavy atom. The maximum Gasteiger partial charge on any atom is 0.227 e. The number of nitrogens with zero attached hydrogens (tertiary/aromatic N) is 1. The Labute approximate surface area is 158 Å². The van der Waals surface area contributed by atoms with Crippen molar-refractivity contribution >= 4 is 27.5 Å². The van der Waals surface area contributed by atoms with Crippen LogP contribution in [0.25, 0.3) is 0 Å². The normalized spacial score (nSPS) is 15.9. The Hall–Kier alpha value is -1.65. The van der Waals surface area contributed by atoms with Crippen molar-refractivity contribution in [2.75, 3.05) is 18.4 Å². The summed E-state index contributed by atoms with van der Waals surface area (Å²) in [5, 5.41) is 3.14. The minimum Gasteiger partial charge on any atom is -0.326 e. The number of piperidine rings is 1. The Kier molecular flexibility index (Phi) is 6.27. The molecule has 0 unspecified atom stereocenters. The molecule has 3 nitrogen and oxygen atoms in total. The van der Waals surface area contributed by atoms with Crippen LogP contribution in [-0.2, 0) is 17.8 Å². The van der Waals surface area contributed by atoms with Gasteiger partial charge in [0.15, 0.2) is 0 Å². The molecule has 2 aromatic rings. The zero-order chi connectivity index (χ0) is 17.6. The third-order valence-corrected chi connectivity index (χ3v) is 5.40. The highest BCUT2D eigenvalue weighted by Gasteiger charge is 2.25. The standard InChI is InChI=1S/C21H25BrN2O/c1-2-17-7-3-4-9-20(17)23-21(25)18-10-12-24(13-11-18)15-16-6-5-8-19(22)14-16/h3-9,14,18H,2,10-13,15H2,1H3,(H,23,25). The van der Waals surface area contributed by atoms with Crippen LogP contribution in [0.15, 0.2) is 53.0 Å². The molecule has 0 bridgehead atoms. The molecule has 1 amide bonds. The highest BCUT2D eigenvalue weighted by atomic mass is 79.9. The molecular formula is C21H25BrN2O. The summed E-state index contributed by atoms with van der Waals surface area (Å²) in [6.45, 7) is 5.01. The van der Waals surface area contributed by atoms with E-state index < -0.39 is 0 Å². The molecule has 0 aromatic heterocycles. The summed E-state index contributed by atoms with van der Waals surface area (Å²) >= 11 is 3.53. The van der Waals surface area contributed by atoms with Crippen molar-refractivity contribution in [1.29, 1.82) is 0 Å². The van der Waals surface area contributed by atoms with E-state index in [4.69, 9.17) is 0 Å². The van der Waals surface area contributed by atoms with Crippen LogP contribution in [0.5, 0.6) is 0 Å². The highest BCUT2D eigenvalue weighted by molar-refractivity contribution is 9.10. The topological polar surface area (TPSA) is 32.3 Å². The Morgan fingerprint density at radius 1 is 1.16 bits per heavy atom. The van der Waals surface area contributed by atoms with Crippen molar-refractivity contribution in [1.82, 2.24) is 4.90 Å². The molecule has 4 heteroatoms. The molecule has 0 atom stereocenters. The molecule has 2 aromatic carbocycles. The third-order valence-electron chi connectivity index (χ3n) is 4.91. The first kappa shape index (κ1) is 18.2. The molecule has 25 heavy (non-hydrogen) atoms. The van der Waals surface area contributed by atoms with Gasteiger partial charge < -0.3 is 5.32 Å². The number of benzene rings is 2. The Morgan fingerprint density at radius 2 is 1.92 bits per heavy atom. The smallest absolute Gasteiger partial charge is 0.227 e. The fourth-order valence-electron chi connectivity index (χ4n) is 3.43. The van der Waals surface area contributed by atoms with Crippen molar-refractivity contribution < 1.29 is 4.79 Å². The van der Waals surface area contributed by atoms with Crippen molar-refractivity contribution in [3.05, 3.63) is 64.1 Å². The van der Waals surface area contributed by atoms with Crippen LogP contribution in [0.2, 0.25) is 0 Å². The number of hydrogen-bond acceptors (Lipinski definition) is 2. The van der Waals surface area contributed by atoms with Crippen molar-refractivity contribution in [2.45, 2.75) is 32.7 Å². The fourth-order valence-corrected chi connectivity index (χ4v) is 3.88. The van der Waals surface area contributed by atoms with Gasteiger partial charge in [0, 0.05) is 22.6 Å². The summed E-state index contributed by atoms with van der Waals surface area (Å²) in [5.74, 6) is 0.284. The van der Waals surface area contributed by atoms with E-state index in [9.17, 15) is 4.79 Å². The quantitative estimate of drug-likeness (QED) is 0.776. The lowest BCUT2D eigenvalue weighted by molar-refractivity contribution is -0.121. The van der Waals surface area contributed by atoms with E-state index in [0.717, 1.165) is 49.1 Å². The van der Waals surface area contributed by atoms with Crippen molar-refractivity contribution in [3.8, 4) is 0 Å². The molecule has 0 saturated carbocycles. The zero-order valence-corrected chi connectivity index (χ0v) is 16.3. The number of anilines is 1. The predicted octanol–water partition coefficient (Wildman–Crippen LogP) is 4.86. The second-order valence-electron chi connectivity index (χ2n) is 6.68. The van der Waals surface area contributed by atoms with Gasteiger partial charge in [-0.05, 0) is 61.7 Å². The van der Waals surface area contributed by atoms with Crippen LogP contribution in [0, 0.1) is 5.92 Å². The van der Waals surface area contributed by atoms with Crippen molar-refractivity contribution in [2.24, 2.45) is 5.92 Å². The van der Waals surface area contributed by atoms with Gasteiger partial charge in [-0.1, -0.05) is 53.2 Å². The van der Waals surface area contributed by atoms with Crippen LogP contribution >= 0.6 is 15.9 Å². The lowest BCUT2D eigenvalue weighted by Gasteiger charge is -2.31. The fraction of sp³-hybridized carbons (Fsp3) is 0.381. The van der Waals surface area contributed by atoms with E-state index in [0.29, 0.717) is 0 Å². The number of para-hydroxylation sites is 1. The van der Waals surface area contributed by atoms with Gasteiger partial charge in [-0.2, -0.15) is 0 Å². The average Bonchev–Trinajstić information content (AvgIpc) is 2.63. The van der Waals surface area contributed by atoms with Gasteiger partial charge >= 0.3 is 0 Å². The average molecular weight is 401 g/mol. The largest absolute Gasteiger partial charge is 0.326 e. The summed E-state index contributed by atoms with van der Waals surface area (Å²) in [4.78, 5) is 15.0. The summed E-state index contributed by atoms with van der Waals surface area (Å²) < 4.78 is 1.12. The van der Waals surface area contributed by atoms with Crippen LogP contribution in [0.3, 0.4) is 0 Å². The molecule has 1 heterocycles. The predicted molar refractivity (Wildman–Crippen MR) is 107 cm³/mol. The van der Waals surface area contributed by atoms with E-state index in [1.807, 2.05) is 24.3 Å². The van der Waals surface area contributed by atoms with Crippen LogP contribution in [-0.4, -0.2) is 23.9 Å². The second-order valence-corrected chi connectivity index (χ2v) is 7.60. The number of carbonyl (C=O) groups is 1. The number of amides is 1. The molecular weight excluding hydrogens is 376 g/mol. The van der Waals surface area contributed by atoms with E-state index in [1.165, 1.54) is 11.1 Å². The van der Waals surface area contributed by atoms with Gasteiger partial charge in [-0.15, -0.1) is 0 Å². The molecule has 0 spiro atoms. The van der Waals surface area contributed by atoms with Crippen molar-refractivity contribution in [3.63, 3.8) is 0 Å². The summed E-state index contributed by atoms with van der Waals surface area (Å²) in [6.07, 6.45) is 2.78. The molecule has 1 fully saturated rings. The number of halogens is 1. The first-order valence-electron chi connectivity index (χ1n) is 9.01. The monoisotopic (exact) mass is 400 g/mol. The van der Waals surface area contributed by atoms with E-state index in [2.05, 4.69) is 57.3 Å². The van der Waals surface area contributed by atoms with Gasteiger partial charge in [-0.3, -0.25) is 9.69 Å². The molecule has 0 radical (unpaired) electrons. The van der Waals surface area contributed by atoms with Gasteiger partial charge in [-0.25, -0.2) is 0 Å². The van der Waals surface area contributed by atoms with Crippen LogP contribution in [0.1, 0.15) is 30.9 Å². The maximum absolute atomic E-state index is 12.6. The Balaban J connectivity index is 1.52. The first-order chi connectivity index (χ1) is 12.2. The van der Waals surface area contributed by atoms with Crippen LogP contribution in [0.4, 0.5) is 5.69 Å². The summed E-state index contributed by atoms with van der Waals surface area (Å²) in [7, 11) is 0. The molecule has 132 valence electrons. The second kappa shape index (κ2) is 8.63. The summed E-state index contributed by atoms with van der Waals surface area (Å²) in [6, 6.07) is 16.5. The maximum atomic E-state index is 12.6. The van der Waals surface area contributed by atoms with Gasteiger partial charge in [0.25, 0.3) is 0 Å². The van der Waals surface area contributed by atoms with Gasteiger partial charge in [0.2, 0.25) is 5.91 Å². The number of aryl methyl sites for hydroxylation is 1. The zero-order valence-electron chi connectivity index (χ0n) is 14.7. The number of carbonyl (C=O) groups excluding carboxylic acids is 1. The highest BCUT2D eigenvalue weighted by Crippen LogP contribution is 2.23. The lowest BCUT2D eigenvalue weighted by Crippen LogP contribution is -2.37. The Bertz CT molecular complexity index is 723. The minimum absolute atomic E-state index is 0.115. The molecule has 1 aliphatic rings. The lowest BCUT2D eigenvalue weighted by atomic mass is 9.95. The van der Waals surface area contributed by atoms with E-state index in [-0.39, 0.29) is 11.8 Å². The van der Waals surface area contributed by atoms with E-state index >= 15 is 0 Å². The SMILES string of the molecule is CCc1ccccc1NC(=O)C1CCN(Cc2cccc(Br)c2)CC1. The molecule has 3 rings (SSSR count). The molecule has 0 aliphatic carbocycles. The van der Waals surface area contributed by atoms with Crippen LogP contribution < -0.4 is 5.32 Å². The first-order valence-corrected chi connectivity index (χ1v) is 9.80. The molecule has 1 aliphatic heterocycles. The molecule has 1 N–H and O–H groups in total. The minimum atomic E-state index is 0.115. The molecule has 1 saturated heterocycles. The number of nitrogens with one attached hydrogen (secondary N) is 1. The number of hydrogen-bond donors (Lipinski definition) is 1. The number of rotatable bonds is 5. The van der Waals surface area contributed by atoms with Gasteiger partial charge in [0.05, 0.1) is 0 Å². The van der Waals surface area contributed by atoms with Gasteiger partial charge in [0.1, 0.15) is 0 Å². The van der Waals surface area contributed by atoms with E-state index in [1.54, 1.807) is 0 Å².